The van der Waals surface area contributed by atoms with Crippen LogP contribution in [0.3, 0.4) is 0 Å². The van der Waals surface area contributed by atoms with E-state index < -0.39 is 6.89 Å². The molecule has 1 aliphatic rings. The molecule has 0 aliphatic heterocycles. The summed E-state index contributed by atoms with van der Waals surface area (Å²) in [5.74, 6) is 0.481. The van der Waals surface area contributed by atoms with Gasteiger partial charge >= 0.3 is 0 Å². The number of carbonyl (C=O) groups is 1. The molecule has 1 nitrogen and oxygen atoms in total. The first-order chi connectivity index (χ1) is 13.2. The molecule has 3 aromatic rings. The van der Waals surface area contributed by atoms with Gasteiger partial charge in [-0.15, -0.1) is 0 Å². The van der Waals surface area contributed by atoms with Crippen LogP contribution in [0, 0.1) is 5.92 Å². The molecule has 0 heterocycles. The Bertz CT molecular complexity index is 926. The largest absolute Gasteiger partial charge is 0.294 e. The highest BCUT2D eigenvalue weighted by Crippen LogP contribution is 2.43. The van der Waals surface area contributed by atoms with Crippen molar-refractivity contribution in [1.29, 1.82) is 0 Å². The second-order valence-corrected chi connectivity index (χ2v) is 10.5. The Morgan fingerprint density at radius 3 is 1.78 bits per heavy atom. The highest BCUT2D eigenvalue weighted by molar-refractivity contribution is 7.93. The third-order valence-electron chi connectivity index (χ3n) is 5.70. The van der Waals surface area contributed by atoms with Gasteiger partial charge in [0.15, 0.2) is 5.78 Å². The maximum absolute atomic E-state index is 13.4. The molecule has 0 N–H and O–H groups in total. The summed E-state index contributed by atoms with van der Waals surface area (Å²) in [6.07, 6.45) is 9.18. The summed E-state index contributed by atoms with van der Waals surface area (Å²) in [6.45, 7) is -2.13. The number of hydrogen-bond acceptors (Lipinski definition) is 1. The van der Waals surface area contributed by atoms with Gasteiger partial charge in [-0.1, -0.05) is 104 Å². The summed E-state index contributed by atoms with van der Waals surface area (Å²) in [6, 6.07) is 29.2. The van der Waals surface area contributed by atoms with Crippen molar-refractivity contribution in [3.8, 4) is 0 Å². The SMILES string of the molecule is C=P(c1ccccc1)(c1ccccc1)c1ccccc1C(=O)C1CCCC1. The lowest BCUT2D eigenvalue weighted by molar-refractivity contribution is 0.0924. The second-order valence-electron chi connectivity index (χ2n) is 7.34. The zero-order valence-electron chi connectivity index (χ0n) is 15.6. The van der Waals surface area contributed by atoms with Crippen LogP contribution >= 0.6 is 6.89 Å². The van der Waals surface area contributed by atoms with E-state index in [4.69, 9.17) is 6.30 Å². The van der Waals surface area contributed by atoms with Crippen LogP contribution in [-0.2, 0) is 0 Å². The Kier molecular flexibility index (Phi) is 5.14. The number of hydrogen-bond donors (Lipinski definition) is 0. The van der Waals surface area contributed by atoms with Crippen LogP contribution in [0.15, 0.2) is 84.9 Å². The Balaban J connectivity index is 1.93. The van der Waals surface area contributed by atoms with Crippen molar-refractivity contribution >= 4 is 34.9 Å². The van der Waals surface area contributed by atoms with Crippen LogP contribution in [-0.4, -0.2) is 12.1 Å². The zero-order valence-corrected chi connectivity index (χ0v) is 16.4. The topological polar surface area (TPSA) is 17.1 Å². The number of benzene rings is 3. The predicted molar refractivity (Wildman–Crippen MR) is 119 cm³/mol. The van der Waals surface area contributed by atoms with Gasteiger partial charge in [0.25, 0.3) is 0 Å². The molecule has 3 aromatic carbocycles. The summed E-state index contributed by atoms with van der Waals surface area (Å²) < 4.78 is 0. The summed E-state index contributed by atoms with van der Waals surface area (Å²) in [7, 11) is 0. The molecule has 0 saturated heterocycles. The molecule has 0 amide bonds. The van der Waals surface area contributed by atoms with E-state index in [-0.39, 0.29) is 5.92 Å². The third-order valence-corrected chi connectivity index (χ3v) is 9.27. The van der Waals surface area contributed by atoms with E-state index in [1.165, 1.54) is 23.5 Å². The number of rotatable bonds is 5. The van der Waals surface area contributed by atoms with Crippen molar-refractivity contribution in [2.24, 2.45) is 5.92 Å². The minimum Gasteiger partial charge on any atom is -0.294 e. The highest BCUT2D eigenvalue weighted by atomic mass is 31.2. The van der Waals surface area contributed by atoms with Crippen LogP contribution < -0.4 is 15.9 Å². The molecule has 1 fully saturated rings. The molecule has 4 rings (SSSR count). The summed E-state index contributed by atoms with van der Waals surface area (Å²) >= 11 is 0. The smallest absolute Gasteiger partial charge is 0.166 e. The second kappa shape index (κ2) is 7.71. The highest BCUT2D eigenvalue weighted by Gasteiger charge is 2.30. The van der Waals surface area contributed by atoms with Gasteiger partial charge in [-0.25, -0.2) is 0 Å². The average Bonchev–Trinajstić information content (AvgIpc) is 3.29. The molecule has 0 atom stereocenters. The number of Topliss-reactive ketones (excluding diaryl/α,β-unsaturated/α-hetero) is 1. The van der Waals surface area contributed by atoms with Crippen molar-refractivity contribution < 1.29 is 4.79 Å². The van der Waals surface area contributed by atoms with Gasteiger partial charge in [0.2, 0.25) is 0 Å². The van der Waals surface area contributed by atoms with Gasteiger partial charge in [0.05, 0.1) is 0 Å². The third kappa shape index (κ3) is 3.33. The maximum Gasteiger partial charge on any atom is 0.166 e. The molecule has 0 unspecified atom stereocenters. The van der Waals surface area contributed by atoms with Crippen molar-refractivity contribution in [1.82, 2.24) is 0 Å². The zero-order chi connectivity index (χ0) is 18.7. The van der Waals surface area contributed by atoms with Crippen LogP contribution in [0.5, 0.6) is 0 Å². The molecule has 0 spiro atoms. The maximum atomic E-state index is 13.4. The van der Waals surface area contributed by atoms with E-state index in [2.05, 4.69) is 54.6 Å². The first-order valence-electron chi connectivity index (χ1n) is 9.70. The lowest BCUT2D eigenvalue weighted by atomic mass is 9.96. The van der Waals surface area contributed by atoms with Gasteiger partial charge in [-0.05, 0) is 35.6 Å². The standard InChI is InChI=1S/C25H25OP/c1-27(21-14-4-2-5-15-21,22-16-6-3-7-17-22)24-19-11-10-18-23(24)25(26)20-12-8-9-13-20/h2-7,10-11,14-20H,1,8-9,12-13H2. The summed E-state index contributed by atoms with van der Waals surface area (Å²) in [5, 5.41) is 3.53. The minimum absolute atomic E-state index is 0.172. The Labute approximate surface area is 162 Å². The molecular formula is C25H25OP. The minimum atomic E-state index is -2.13. The molecule has 27 heavy (non-hydrogen) atoms. The van der Waals surface area contributed by atoms with E-state index in [1.807, 2.05) is 30.3 Å². The van der Waals surface area contributed by atoms with E-state index in [9.17, 15) is 4.79 Å². The van der Waals surface area contributed by atoms with Crippen molar-refractivity contribution in [3.05, 3.63) is 90.5 Å². The molecule has 1 aliphatic carbocycles. The van der Waals surface area contributed by atoms with Crippen LogP contribution in [0.2, 0.25) is 0 Å². The van der Waals surface area contributed by atoms with Crippen LogP contribution in [0.4, 0.5) is 0 Å². The number of ketones is 1. The van der Waals surface area contributed by atoms with Crippen molar-refractivity contribution in [3.63, 3.8) is 0 Å². The van der Waals surface area contributed by atoms with E-state index >= 15 is 0 Å². The monoisotopic (exact) mass is 372 g/mol. The van der Waals surface area contributed by atoms with Crippen LogP contribution in [0.25, 0.3) is 0 Å². The van der Waals surface area contributed by atoms with Crippen LogP contribution in [0.1, 0.15) is 36.0 Å². The molecule has 1 saturated carbocycles. The molecule has 0 radical (unpaired) electrons. The first kappa shape index (κ1) is 18.0. The fourth-order valence-electron chi connectivity index (χ4n) is 4.21. The molecule has 2 heteroatoms. The van der Waals surface area contributed by atoms with E-state index in [0.29, 0.717) is 5.78 Å². The fraction of sp³-hybridized carbons (Fsp3) is 0.200. The summed E-state index contributed by atoms with van der Waals surface area (Å²) in [4.78, 5) is 13.4. The van der Waals surface area contributed by atoms with E-state index in [1.54, 1.807) is 0 Å². The summed E-state index contributed by atoms with van der Waals surface area (Å²) in [5.41, 5.74) is 0.875. The Morgan fingerprint density at radius 1 is 0.741 bits per heavy atom. The van der Waals surface area contributed by atoms with Gasteiger partial charge < -0.3 is 0 Å². The Morgan fingerprint density at radius 2 is 1.22 bits per heavy atom. The predicted octanol–water partition coefficient (Wildman–Crippen LogP) is 4.79. The first-order valence-corrected chi connectivity index (χ1v) is 11.7. The van der Waals surface area contributed by atoms with Gasteiger partial charge in [-0.3, -0.25) is 4.79 Å². The molecule has 0 bridgehead atoms. The molecule has 136 valence electrons. The number of carbonyl (C=O) groups excluding carboxylic acids is 1. The fourth-order valence-corrected chi connectivity index (χ4v) is 7.37. The van der Waals surface area contributed by atoms with Crippen molar-refractivity contribution in [2.45, 2.75) is 25.7 Å². The van der Waals surface area contributed by atoms with Crippen molar-refractivity contribution in [2.75, 3.05) is 0 Å². The quantitative estimate of drug-likeness (QED) is 0.465. The normalized spacial score (nSPS) is 15.0. The molecular weight excluding hydrogens is 347 g/mol. The van der Waals surface area contributed by atoms with Gasteiger partial charge in [0.1, 0.15) is 0 Å². The van der Waals surface area contributed by atoms with E-state index in [0.717, 1.165) is 23.7 Å². The average molecular weight is 372 g/mol. The lowest BCUT2D eigenvalue weighted by Gasteiger charge is -2.29. The lowest BCUT2D eigenvalue weighted by Crippen LogP contribution is -2.30. The van der Waals surface area contributed by atoms with Gasteiger partial charge in [-0.2, -0.15) is 0 Å². The van der Waals surface area contributed by atoms with Gasteiger partial charge in [0, 0.05) is 11.5 Å². The Hall–Kier alpha value is -2.37. The molecule has 0 aromatic heterocycles.